The summed E-state index contributed by atoms with van der Waals surface area (Å²) in [5.74, 6) is 1.10. The molecule has 2 N–H and O–H groups in total. The van der Waals surface area contributed by atoms with E-state index in [1.807, 2.05) is 69.3 Å². The molecule has 0 saturated carbocycles. The maximum Gasteiger partial charge on any atom is 0.320 e. The maximum absolute atomic E-state index is 12.8. The van der Waals surface area contributed by atoms with Gasteiger partial charge in [-0.1, -0.05) is 43.0 Å². The number of carbonyl (C=O) groups is 1. The molecular weight excluding hydrogens is 364 g/mol. The zero-order chi connectivity index (χ0) is 20.8. The molecule has 3 rings (SSSR count). The van der Waals surface area contributed by atoms with Crippen molar-refractivity contribution in [1.29, 1.82) is 0 Å². The van der Waals surface area contributed by atoms with Crippen LogP contribution in [0, 0.1) is 6.92 Å². The SMILES string of the molecule is C=CC1=C(/C=C\C)C(NC(=O)Nc2c(C)c(OCC)nn2-c2ccccc2)CC1. The van der Waals surface area contributed by atoms with Crippen LogP contribution in [0.4, 0.5) is 10.6 Å². The van der Waals surface area contributed by atoms with E-state index in [0.29, 0.717) is 18.3 Å². The Morgan fingerprint density at radius 2 is 2.14 bits per heavy atom. The monoisotopic (exact) mass is 392 g/mol. The van der Waals surface area contributed by atoms with Gasteiger partial charge < -0.3 is 10.1 Å². The number of anilines is 1. The fraction of sp³-hybridized carbons (Fsp3) is 0.304. The lowest BCUT2D eigenvalue weighted by Crippen LogP contribution is -2.38. The molecule has 1 atom stereocenters. The van der Waals surface area contributed by atoms with Crippen molar-refractivity contribution in [3.63, 3.8) is 0 Å². The average Bonchev–Trinajstić information content (AvgIpc) is 3.25. The highest BCUT2D eigenvalue weighted by molar-refractivity contribution is 5.90. The molecule has 1 aromatic heterocycles. The summed E-state index contributed by atoms with van der Waals surface area (Å²) in [6.45, 7) is 10.2. The summed E-state index contributed by atoms with van der Waals surface area (Å²) in [5.41, 5.74) is 3.92. The number of benzene rings is 1. The minimum absolute atomic E-state index is 0.0426. The third-order valence-corrected chi connectivity index (χ3v) is 4.94. The summed E-state index contributed by atoms with van der Waals surface area (Å²) in [6.07, 6.45) is 7.67. The van der Waals surface area contributed by atoms with Crippen LogP contribution in [-0.4, -0.2) is 28.5 Å². The highest BCUT2D eigenvalue weighted by Crippen LogP contribution is 2.30. The lowest BCUT2D eigenvalue weighted by molar-refractivity contribution is 0.249. The molecule has 1 heterocycles. The smallest absolute Gasteiger partial charge is 0.320 e. The Bertz CT molecular complexity index is 941. The number of urea groups is 1. The van der Waals surface area contributed by atoms with Gasteiger partial charge in [-0.15, -0.1) is 5.10 Å². The number of allylic oxidation sites excluding steroid dienone is 3. The van der Waals surface area contributed by atoms with E-state index < -0.39 is 0 Å². The predicted octanol–water partition coefficient (Wildman–Crippen LogP) is 4.92. The zero-order valence-corrected chi connectivity index (χ0v) is 17.2. The van der Waals surface area contributed by atoms with Crippen LogP contribution in [-0.2, 0) is 0 Å². The van der Waals surface area contributed by atoms with Crippen LogP contribution in [0.1, 0.15) is 32.3 Å². The molecule has 29 heavy (non-hydrogen) atoms. The molecule has 1 unspecified atom stereocenters. The number of nitrogens with zero attached hydrogens (tertiary/aromatic N) is 2. The molecule has 0 radical (unpaired) electrons. The third kappa shape index (κ3) is 4.42. The summed E-state index contributed by atoms with van der Waals surface area (Å²) in [4.78, 5) is 12.8. The molecule has 0 aliphatic heterocycles. The molecule has 0 fully saturated rings. The second-order valence-electron chi connectivity index (χ2n) is 6.83. The van der Waals surface area contributed by atoms with Gasteiger partial charge >= 0.3 is 6.03 Å². The van der Waals surface area contributed by atoms with Crippen molar-refractivity contribution in [1.82, 2.24) is 15.1 Å². The van der Waals surface area contributed by atoms with Crippen LogP contribution in [0.3, 0.4) is 0 Å². The lowest BCUT2D eigenvalue weighted by Gasteiger charge is -2.17. The molecule has 2 amide bonds. The maximum atomic E-state index is 12.8. The molecular formula is C23H28N4O2. The molecule has 1 aliphatic carbocycles. The van der Waals surface area contributed by atoms with Crippen molar-refractivity contribution in [2.24, 2.45) is 0 Å². The Morgan fingerprint density at radius 3 is 2.79 bits per heavy atom. The fourth-order valence-corrected chi connectivity index (χ4v) is 3.55. The van der Waals surface area contributed by atoms with Gasteiger partial charge in [-0.25, -0.2) is 9.48 Å². The quantitative estimate of drug-likeness (QED) is 0.703. The Kier molecular flexibility index (Phi) is 6.54. The lowest BCUT2D eigenvalue weighted by atomic mass is 10.1. The number of rotatable bonds is 7. The first kappa shape index (κ1) is 20.5. The standard InChI is InChI=1S/C23H28N4O2/c1-5-11-19-17(6-2)14-15-20(19)24-23(28)25-21-16(4)22(29-7-3)26-27(21)18-12-9-8-10-13-18/h5-6,8-13,20H,2,7,14-15H2,1,3-4H3,(H2,24,25,28)/b11-5-. The van der Waals surface area contributed by atoms with E-state index in [1.54, 1.807) is 4.68 Å². The normalized spacial score (nSPS) is 16.3. The van der Waals surface area contributed by atoms with E-state index in [0.717, 1.165) is 29.7 Å². The molecule has 152 valence electrons. The molecule has 0 bridgehead atoms. The number of carbonyl (C=O) groups excluding carboxylic acids is 1. The van der Waals surface area contributed by atoms with Crippen LogP contribution < -0.4 is 15.4 Å². The number of hydrogen-bond acceptors (Lipinski definition) is 3. The van der Waals surface area contributed by atoms with E-state index in [9.17, 15) is 4.79 Å². The first-order valence-corrected chi connectivity index (χ1v) is 9.92. The Balaban J connectivity index is 1.85. The number of aromatic nitrogens is 2. The molecule has 0 spiro atoms. The highest BCUT2D eigenvalue weighted by atomic mass is 16.5. The largest absolute Gasteiger partial charge is 0.477 e. The Labute approximate surface area is 172 Å². The molecule has 6 nitrogen and oxygen atoms in total. The van der Waals surface area contributed by atoms with Crippen molar-refractivity contribution in [2.75, 3.05) is 11.9 Å². The van der Waals surface area contributed by atoms with Crippen LogP contribution in [0.5, 0.6) is 5.88 Å². The number of nitrogens with one attached hydrogen (secondary N) is 2. The minimum atomic E-state index is -0.273. The molecule has 6 heteroatoms. The molecule has 0 saturated heterocycles. The van der Waals surface area contributed by atoms with Gasteiger partial charge in [0.15, 0.2) is 0 Å². The van der Waals surface area contributed by atoms with E-state index in [4.69, 9.17) is 4.74 Å². The molecule has 1 aromatic carbocycles. The summed E-state index contributed by atoms with van der Waals surface area (Å²) in [7, 11) is 0. The van der Waals surface area contributed by atoms with Crippen molar-refractivity contribution in [2.45, 2.75) is 39.7 Å². The highest BCUT2D eigenvalue weighted by Gasteiger charge is 2.25. The van der Waals surface area contributed by atoms with E-state index in [-0.39, 0.29) is 12.1 Å². The van der Waals surface area contributed by atoms with Crippen molar-refractivity contribution >= 4 is 11.8 Å². The van der Waals surface area contributed by atoms with Crippen LogP contribution in [0.15, 0.2) is 66.3 Å². The number of amides is 2. The molecule has 2 aromatic rings. The fourth-order valence-electron chi connectivity index (χ4n) is 3.55. The average molecular weight is 393 g/mol. The van der Waals surface area contributed by atoms with Gasteiger partial charge in [-0.05, 0) is 56.9 Å². The Hall–Kier alpha value is -3.28. The minimum Gasteiger partial charge on any atom is -0.477 e. The van der Waals surface area contributed by atoms with Crippen LogP contribution in [0.2, 0.25) is 0 Å². The number of para-hydroxylation sites is 1. The van der Waals surface area contributed by atoms with Gasteiger partial charge in [-0.2, -0.15) is 0 Å². The first-order valence-electron chi connectivity index (χ1n) is 9.92. The summed E-state index contributed by atoms with van der Waals surface area (Å²) < 4.78 is 7.34. The number of ether oxygens (including phenoxy) is 1. The van der Waals surface area contributed by atoms with Gasteiger partial charge in [0.05, 0.1) is 23.9 Å². The summed E-state index contributed by atoms with van der Waals surface area (Å²) in [6, 6.07) is 9.36. The van der Waals surface area contributed by atoms with E-state index in [2.05, 4.69) is 22.3 Å². The zero-order valence-electron chi connectivity index (χ0n) is 17.2. The van der Waals surface area contributed by atoms with Gasteiger partial charge in [0, 0.05) is 0 Å². The topological polar surface area (TPSA) is 68.2 Å². The summed E-state index contributed by atoms with van der Waals surface area (Å²) in [5, 5.41) is 10.6. The van der Waals surface area contributed by atoms with Gasteiger partial charge in [-0.3, -0.25) is 5.32 Å². The van der Waals surface area contributed by atoms with Crippen LogP contribution in [0.25, 0.3) is 5.69 Å². The Morgan fingerprint density at radius 1 is 1.38 bits per heavy atom. The van der Waals surface area contributed by atoms with E-state index in [1.165, 1.54) is 5.57 Å². The predicted molar refractivity (Wildman–Crippen MR) is 117 cm³/mol. The van der Waals surface area contributed by atoms with Crippen LogP contribution >= 0.6 is 0 Å². The third-order valence-electron chi connectivity index (χ3n) is 4.94. The number of hydrogen-bond donors (Lipinski definition) is 2. The summed E-state index contributed by atoms with van der Waals surface area (Å²) >= 11 is 0. The van der Waals surface area contributed by atoms with Crippen molar-refractivity contribution in [3.05, 3.63) is 71.8 Å². The second kappa shape index (κ2) is 9.28. The van der Waals surface area contributed by atoms with Crippen molar-refractivity contribution < 1.29 is 9.53 Å². The molecule has 1 aliphatic rings. The van der Waals surface area contributed by atoms with Crippen molar-refractivity contribution in [3.8, 4) is 11.6 Å². The van der Waals surface area contributed by atoms with Gasteiger partial charge in [0.2, 0.25) is 5.88 Å². The van der Waals surface area contributed by atoms with E-state index >= 15 is 0 Å². The first-order chi connectivity index (χ1) is 14.1. The van der Waals surface area contributed by atoms with Gasteiger partial charge in [0.25, 0.3) is 0 Å². The van der Waals surface area contributed by atoms with Gasteiger partial charge in [0.1, 0.15) is 5.82 Å². The second-order valence-corrected chi connectivity index (χ2v) is 6.83.